The Bertz CT molecular complexity index is 818. The molecular formula is C22H24ClNO4. The monoisotopic (exact) mass is 401 g/mol. The van der Waals surface area contributed by atoms with E-state index in [2.05, 4.69) is 11.9 Å². The van der Waals surface area contributed by atoms with Gasteiger partial charge in [-0.3, -0.25) is 9.59 Å². The molecule has 2 rings (SSSR count). The second-order valence-electron chi connectivity index (χ2n) is 6.04. The van der Waals surface area contributed by atoms with E-state index in [1.165, 1.54) is 0 Å². The zero-order chi connectivity index (χ0) is 20.4. The first kappa shape index (κ1) is 21.5. The lowest BCUT2D eigenvalue weighted by Crippen LogP contribution is -2.26. The van der Waals surface area contributed by atoms with Crippen LogP contribution in [0.2, 0.25) is 5.02 Å². The zero-order valence-corrected chi connectivity index (χ0v) is 16.6. The van der Waals surface area contributed by atoms with E-state index in [9.17, 15) is 9.59 Å². The van der Waals surface area contributed by atoms with Crippen molar-refractivity contribution in [1.29, 1.82) is 0 Å². The molecule has 0 spiro atoms. The molecule has 1 amide bonds. The molecule has 0 saturated carbocycles. The summed E-state index contributed by atoms with van der Waals surface area (Å²) in [4.78, 5) is 24.0. The minimum atomic E-state index is -0.250. The van der Waals surface area contributed by atoms with Crippen LogP contribution in [-0.4, -0.2) is 31.6 Å². The fraction of sp³-hybridized carbons (Fsp3) is 0.273. The number of esters is 1. The van der Waals surface area contributed by atoms with Crippen LogP contribution in [0.25, 0.3) is 0 Å². The number of halogens is 1. The molecule has 5 nitrogen and oxygen atoms in total. The average molecular weight is 402 g/mol. The number of hydrogen-bond acceptors (Lipinski definition) is 4. The maximum atomic E-state index is 12.5. The Hall–Kier alpha value is -2.79. The quantitative estimate of drug-likeness (QED) is 0.483. The summed E-state index contributed by atoms with van der Waals surface area (Å²) >= 11 is 6.01. The van der Waals surface area contributed by atoms with Gasteiger partial charge in [-0.15, -0.1) is 0 Å². The summed E-state index contributed by atoms with van der Waals surface area (Å²) < 4.78 is 10.5. The van der Waals surface area contributed by atoms with Gasteiger partial charge in [-0.25, -0.2) is 0 Å². The minimum absolute atomic E-state index is 0.237. The molecule has 0 radical (unpaired) electrons. The fourth-order valence-electron chi connectivity index (χ4n) is 2.57. The van der Waals surface area contributed by atoms with Gasteiger partial charge in [0.25, 0.3) is 5.91 Å². The number of ether oxygens (including phenoxy) is 2. The Kier molecular flexibility index (Phi) is 8.56. The van der Waals surface area contributed by atoms with Gasteiger partial charge in [0.15, 0.2) is 0 Å². The van der Waals surface area contributed by atoms with Crippen molar-refractivity contribution in [3.63, 3.8) is 0 Å². The summed E-state index contributed by atoms with van der Waals surface area (Å²) in [5, 5.41) is 3.34. The molecule has 1 N–H and O–H groups in total. The number of amides is 1. The number of nitrogens with one attached hydrogen (secondary N) is 1. The summed E-state index contributed by atoms with van der Waals surface area (Å²) in [5.74, 6) is -0.0240. The van der Waals surface area contributed by atoms with Crippen molar-refractivity contribution in [3.8, 4) is 5.75 Å². The highest BCUT2D eigenvalue weighted by molar-refractivity contribution is 6.31. The van der Waals surface area contributed by atoms with Crippen molar-refractivity contribution in [1.82, 2.24) is 5.32 Å². The van der Waals surface area contributed by atoms with Crippen LogP contribution < -0.4 is 10.1 Å². The van der Waals surface area contributed by atoms with Gasteiger partial charge in [0, 0.05) is 11.6 Å². The van der Waals surface area contributed by atoms with E-state index < -0.39 is 0 Å². The molecular weight excluding hydrogens is 378 g/mol. The third kappa shape index (κ3) is 6.74. The van der Waals surface area contributed by atoms with Crippen LogP contribution >= 0.6 is 11.6 Å². The van der Waals surface area contributed by atoms with Crippen molar-refractivity contribution >= 4 is 23.5 Å². The summed E-state index contributed by atoms with van der Waals surface area (Å²) in [6, 6.07) is 12.6. The highest BCUT2D eigenvalue weighted by atomic mass is 35.5. The molecule has 0 aliphatic heterocycles. The molecule has 0 bridgehead atoms. The SMILES string of the molecule is C=CCOc1ccc(Cl)cc1C(=O)NCCc1ccc(CC(=O)OCC)cc1. The predicted molar refractivity (Wildman–Crippen MR) is 110 cm³/mol. The maximum Gasteiger partial charge on any atom is 0.310 e. The molecule has 0 unspecified atom stereocenters. The Morgan fingerprint density at radius 2 is 1.86 bits per heavy atom. The van der Waals surface area contributed by atoms with E-state index in [0.717, 1.165) is 11.1 Å². The van der Waals surface area contributed by atoms with Crippen molar-refractivity contribution < 1.29 is 19.1 Å². The van der Waals surface area contributed by atoms with Crippen LogP contribution in [0, 0.1) is 0 Å². The predicted octanol–water partition coefficient (Wildman–Crippen LogP) is 3.98. The van der Waals surface area contributed by atoms with E-state index in [1.54, 1.807) is 31.2 Å². The van der Waals surface area contributed by atoms with Crippen molar-refractivity contribution in [2.45, 2.75) is 19.8 Å². The van der Waals surface area contributed by atoms with Crippen LogP contribution in [0.1, 0.15) is 28.4 Å². The highest BCUT2D eigenvalue weighted by Gasteiger charge is 2.13. The van der Waals surface area contributed by atoms with E-state index in [0.29, 0.717) is 42.5 Å². The van der Waals surface area contributed by atoms with E-state index >= 15 is 0 Å². The molecule has 0 fully saturated rings. The third-order valence-corrected chi connectivity index (χ3v) is 4.15. The maximum absolute atomic E-state index is 12.5. The topological polar surface area (TPSA) is 64.6 Å². The van der Waals surface area contributed by atoms with Gasteiger partial charge in [-0.1, -0.05) is 48.5 Å². The van der Waals surface area contributed by atoms with E-state index in [4.69, 9.17) is 21.1 Å². The van der Waals surface area contributed by atoms with Crippen molar-refractivity contribution in [3.05, 3.63) is 76.8 Å². The molecule has 0 saturated heterocycles. The molecule has 2 aromatic carbocycles. The zero-order valence-electron chi connectivity index (χ0n) is 15.9. The van der Waals surface area contributed by atoms with Gasteiger partial charge in [0.2, 0.25) is 0 Å². The van der Waals surface area contributed by atoms with Gasteiger partial charge in [0.05, 0.1) is 18.6 Å². The van der Waals surface area contributed by atoms with Crippen LogP contribution in [0.3, 0.4) is 0 Å². The average Bonchev–Trinajstić information content (AvgIpc) is 2.68. The lowest BCUT2D eigenvalue weighted by atomic mass is 10.1. The summed E-state index contributed by atoms with van der Waals surface area (Å²) in [6.07, 6.45) is 2.53. The first-order chi connectivity index (χ1) is 13.5. The number of hydrogen-bond donors (Lipinski definition) is 1. The lowest BCUT2D eigenvalue weighted by molar-refractivity contribution is -0.142. The van der Waals surface area contributed by atoms with Gasteiger partial charge >= 0.3 is 5.97 Å². The smallest absolute Gasteiger partial charge is 0.310 e. The summed E-state index contributed by atoms with van der Waals surface area (Å²) in [5.41, 5.74) is 2.34. The van der Waals surface area contributed by atoms with E-state index in [1.807, 2.05) is 24.3 Å². The van der Waals surface area contributed by atoms with Gasteiger partial charge in [0.1, 0.15) is 12.4 Å². The lowest BCUT2D eigenvalue weighted by Gasteiger charge is -2.11. The Labute approximate surface area is 170 Å². The molecule has 0 heterocycles. The third-order valence-electron chi connectivity index (χ3n) is 3.92. The number of rotatable bonds is 10. The van der Waals surface area contributed by atoms with Gasteiger partial charge in [-0.05, 0) is 42.7 Å². The molecule has 0 atom stereocenters. The normalized spacial score (nSPS) is 10.2. The van der Waals surface area contributed by atoms with Gasteiger partial charge < -0.3 is 14.8 Å². The standard InChI is InChI=1S/C22H24ClNO4/c1-3-13-28-20-10-9-18(23)15-19(20)22(26)24-12-11-16-5-7-17(8-6-16)14-21(25)27-4-2/h3,5-10,15H,1,4,11-14H2,2H3,(H,24,26). The number of carbonyl (C=O) groups excluding carboxylic acids is 2. The first-order valence-electron chi connectivity index (χ1n) is 9.08. The molecule has 0 aliphatic carbocycles. The van der Waals surface area contributed by atoms with Gasteiger partial charge in [-0.2, -0.15) is 0 Å². The van der Waals surface area contributed by atoms with Crippen LogP contribution in [-0.2, 0) is 22.4 Å². The Morgan fingerprint density at radius 1 is 1.14 bits per heavy atom. The molecule has 28 heavy (non-hydrogen) atoms. The highest BCUT2D eigenvalue weighted by Crippen LogP contribution is 2.23. The minimum Gasteiger partial charge on any atom is -0.489 e. The molecule has 148 valence electrons. The fourth-order valence-corrected chi connectivity index (χ4v) is 2.74. The second-order valence-corrected chi connectivity index (χ2v) is 6.48. The molecule has 2 aromatic rings. The number of benzene rings is 2. The largest absolute Gasteiger partial charge is 0.489 e. The van der Waals surface area contributed by atoms with Crippen molar-refractivity contribution in [2.75, 3.05) is 19.8 Å². The Balaban J connectivity index is 1.89. The molecule has 0 aromatic heterocycles. The summed E-state index contributed by atoms with van der Waals surface area (Å²) in [6.45, 7) is 6.54. The second kappa shape index (κ2) is 11.1. The number of carbonyl (C=O) groups is 2. The molecule has 6 heteroatoms. The Morgan fingerprint density at radius 3 is 2.54 bits per heavy atom. The van der Waals surface area contributed by atoms with Crippen LogP contribution in [0.5, 0.6) is 5.75 Å². The summed E-state index contributed by atoms with van der Waals surface area (Å²) in [7, 11) is 0. The molecule has 0 aliphatic rings. The van der Waals surface area contributed by atoms with Crippen LogP contribution in [0.4, 0.5) is 0 Å². The van der Waals surface area contributed by atoms with Crippen molar-refractivity contribution in [2.24, 2.45) is 0 Å². The van der Waals surface area contributed by atoms with Crippen LogP contribution in [0.15, 0.2) is 55.1 Å². The first-order valence-corrected chi connectivity index (χ1v) is 9.46. The van der Waals surface area contributed by atoms with E-state index in [-0.39, 0.29) is 18.3 Å².